The minimum absolute atomic E-state index is 0.150. The molecule has 0 bridgehead atoms. The van der Waals surface area contributed by atoms with E-state index in [1.165, 1.54) is 6.07 Å². The van der Waals surface area contributed by atoms with Crippen LogP contribution in [-0.2, 0) is 6.54 Å². The summed E-state index contributed by atoms with van der Waals surface area (Å²) in [5, 5.41) is 12.5. The van der Waals surface area contributed by atoms with E-state index in [0.29, 0.717) is 5.69 Å². The molecule has 0 aliphatic rings. The standard InChI is InChI=1S/C13H14N2O3/c1-15(2)8-9-4-3-5-10(6-9)11-7-12(13(16)17)18-14-11/h3-7H,8H2,1-2H3,(H,16,17). The van der Waals surface area contributed by atoms with Gasteiger partial charge in [-0.15, -0.1) is 0 Å². The molecule has 0 unspecified atom stereocenters. The third kappa shape index (κ3) is 2.75. The fourth-order valence-corrected chi connectivity index (χ4v) is 1.71. The number of benzene rings is 1. The van der Waals surface area contributed by atoms with E-state index in [2.05, 4.69) is 10.1 Å². The lowest BCUT2D eigenvalue weighted by Gasteiger charge is -2.09. The predicted octanol–water partition coefficient (Wildman–Crippen LogP) is 2.10. The maximum atomic E-state index is 10.7. The first-order chi connectivity index (χ1) is 8.56. The first kappa shape index (κ1) is 12.3. The van der Waals surface area contributed by atoms with Gasteiger partial charge in [-0.05, 0) is 25.7 Å². The fourth-order valence-electron chi connectivity index (χ4n) is 1.71. The Balaban J connectivity index is 2.29. The van der Waals surface area contributed by atoms with Crippen LogP contribution in [0, 0.1) is 0 Å². The number of carbonyl (C=O) groups is 1. The van der Waals surface area contributed by atoms with Crippen molar-refractivity contribution in [3.05, 3.63) is 41.7 Å². The highest BCUT2D eigenvalue weighted by molar-refractivity contribution is 5.85. The zero-order valence-electron chi connectivity index (χ0n) is 10.3. The molecule has 5 nitrogen and oxygen atoms in total. The Kier molecular flexibility index (Phi) is 3.43. The number of hydrogen-bond acceptors (Lipinski definition) is 4. The molecule has 94 valence electrons. The van der Waals surface area contributed by atoms with Crippen molar-refractivity contribution in [3.63, 3.8) is 0 Å². The summed E-state index contributed by atoms with van der Waals surface area (Å²) in [6, 6.07) is 9.22. The largest absolute Gasteiger partial charge is 0.475 e. The Hall–Kier alpha value is -2.14. The highest BCUT2D eigenvalue weighted by Crippen LogP contribution is 2.20. The van der Waals surface area contributed by atoms with Crippen molar-refractivity contribution >= 4 is 5.97 Å². The van der Waals surface area contributed by atoms with Crippen LogP contribution in [0.3, 0.4) is 0 Å². The van der Waals surface area contributed by atoms with E-state index >= 15 is 0 Å². The summed E-state index contributed by atoms with van der Waals surface area (Å²) in [7, 11) is 3.98. The highest BCUT2D eigenvalue weighted by atomic mass is 16.5. The Morgan fingerprint density at radius 3 is 2.78 bits per heavy atom. The summed E-state index contributed by atoms with van der Waals surface area (Å²) < 4.78 is 4.74. The van der Waals surface area contributed by atoms with Gasteiger partial charge in [-0.3, -0.25) is 0 Å². The molecule has 5 heteroatoms. The van der Waals surface area contributed by atoms with Crippen molar-refractivity contribution < 1.29 is 14.4 Å². The van der Waals surface area contributed by atoms with Crippen molar-refractivity contribution in [2.75, 3.05) is 14.1 Å². The van der Waals surface area contributed by atoms with Gasteiger partial charge in [0.25, 0.3) is 0 Å². The summed E-state index contributed by atoms with van der Waals surface area (Å²) in [6.07, 6.45) is 0. The van der Waals surface area contributed by atoms with Crippen molar-refractivity contribution in [2.24, 2.45) is 0 Å². The van der Waals surface area contributed by atoms with Gasteiger partial charge < -0.3 is 14.5 Å². The van der Waals surface area contributed by atoms with E-state index in [9.17, 15) is 4.79 Å². The molecule has 2 rings (SSSR count). The van der Waals surface area contributed by atoms with Crippen LogP contribution < -0.4 is 0 Å². The molecular weight excluding hydrogens is 232 g/mol. The Bertz CT molecular complexity index is 561. The minimum Gasteiger partial charge on any atom is -0.475 e. The minimum atomic E-state index is -1.11. The molecule has 1 aromatic heterocycles. The Morgan fingerprint density at radius 2 is 2.17 bits per heavy atom. The third-order valence-electron chi connectivity index (χ3n) is 2.44. The van der Waals surface area contributed by atoms with Gasteiger partial charge in [-0.25, -0.2) is 4.79 Å². The molecule has 0 fully saturated rings. The van der Waals surface area contributed by atoms with Crippen molar-refractivity contribution in [1.82, 2.24) is 10.1 Å². The van der Waals surface area contributed by atoms with Gasteiger partial charge in [0.2, 0.25) is 5.76 Å². The number of hydrogen-bond donors (Lipinski definition) is 1. The molecule has 0 saturated carbocycles. The molecule has 1 aromatic carbocycles. The quantitative estimate of drug-likeness (QED) is 0.894. The summed E-state index contributed by atoms with van der Waals surface area (Å²) in [5.41, 5.74) is 2.52. The smallest absolute Gasteiger partial charge is 0.374 e. The Morgan fingerprint density at radius 1 is 1.39 bits per heavy atom. The zero-order chi connectivity index (χ0) is 13.1. The average Bonchev–Trinajstić information content (AvgIpc) is 2.77. The Labute approximate surface area is 105 Å². The molecule has 0 saturated heterocycles. The normalized spacial score (nSPS) is 10.8. The van der Waals surface area contributed by atoms with Gasteiger partial charge in [-0.2, -0.15) is 0 Å². The number of aromatic carboxylic acids is 1. The second-order valence-corrected chi connectivity index (χ2v) is 4.32. The predicted molar refractivity (Wildman–Crippen MR) is 66.3 cm³/mol. The number of rotatable bonds is 4. The summed E-state index contributed by atoms with van der Waals surface area (Å²) in [6.45, 7) is 0.817. The van der Waals surface area contributed by atoms with E-state index in [-0.39, 0.29) is 5.76 Å². The molecular formula is C13H14N2O3. The second kappa shape index (κ2) is 5.01. The number of carboxylic acids is 1. The average molecular weight is 246 g/mol. The van der Waals surface area contributed by atoms with E-state index in [1.807, 2.05) is 38.4 Å². The maximum Gasteiger partial charge on any atom is 0.374 e. The molecule has 0 amide bonds. The van der Waals surface area contributed by atoms with E-state index in [0.717, 1.165) is 17.7 Å². The first-order valence-corrected chi connectivity index (χ1v) is 5.50. The van der Waals surface area contributed by atoms with Crippen LogP contribution in [0.5, 0.6) is 0 Å². The van der Waals surface area contributed by atoms with Gasteiger partial charge in [0.1, 0.15) is 5.69 Å². The molecule has 0 atom stereocenters. The van der Waals surface area contributed by atoms with Crippen molar-refractivity contribution in [3.8, 4) is 11.3 Å². The van der Waals surface area contributed by atoms with Gasteiger partial charge in [-0.1, -0.05) is 23.4 Å². The van der Waals surface area contributed by atoms with Crippen LogP contribution in [0.2, 0.25) is 0 Å². The maximum absolute atomic E-state index is 10.7. The van der Waals surface area contributed by atoms with E-state index in [4.69, 9.17) is 9.63 Å². The second-order valence-electron chi connectivity index (χ2n) is 4.32. The topological polar surface area (TPSA) is 66.6 Å². The lowest BCUT2D eigenvalue weighted by Crippen LogP contribution is -2.10. The molecule has 0 aliphatic heterocycles. The van der Waals surface area contributed by atoms with Crippen molar-refractivity contribution in [1.29, 1.82) is 0 Å². The first-order valence-electron chi connectivity index (χ1n) is 5.50. The molecule has 1 N–H and O–H groups in total. The fraction of sp³-hybridized carbons (Fsp3) is 0.231. The van der Waals surface area contributed by atoms with Gasteiger partial charge >= 0.3 is 5.97 Å². The van der Waals surface area contributed by atoms with Gasteiger partial charge in [0.05, 0.1) is 0 Å². The number of carboxylic acid groups (broad SMARTS) is 1. The summed E-state index contributed by atoms with van der Waals surface area (Å²) in [4.78, 5) is 12.8. The molecule has 0 spiro atoms. The van der Waals surface area contributed by atoms with Crippen molar-refractivity contribution in [2.45, 2.75) is 6.54 Å². The zero-order valence-corrected chi connectivity index (χ0v) is 10.3. The molecule has 1 heterocycles. The van der Waals surface area contributed by atoms with Gasteiger partial charge in [0.15, 0.2) is 0 Å². The molecule has 2 aromatic rings. The van der Waals surface area contributed by atoms with Gasteiger partial charge in [0, 0.05) is 18.2 Å². The highest BCUT2D eigenvalue weighted by Gasteiger charge is 2.12. The SMILES string of the molecule is CN(C)Cc1cccc(-c2cc(C(=O)O)on2)c1. The van der Waals surface area contributed by atoms with Crippen LogP contribution in [0.15, 0.2) is 34.9 Å². The third-order valence-corrected chi connectivity index (χ3v) is 2.44. The van der Waals surface area contributed by atoms with E-state index in [1.54, 1.807) is 0 Å². The molecule has 0 radical (unpaired) electrons. The van der Waals surface area contributed by atoms with Crippen LogP contribution in [-0.4, -0.2) is 35.2 Å². The van der Waals surface area contributed by atoms with E-state index < -0.39 is 5.97 Å². The summed E-state index contributed by atoms with van der Waals surface area (Å²) >= 11 is 0. The lowest BCUT2D eigenvalue weighted by molar-refractivity contribution is 0.0652. The number of aromatic nitrogens is 1. The molecule has 18 heavy (non-hydrogen) atoms. The van der Waals surface area contributed by atoms with Crippen LogP contribution in [0.25, 0.3) is 11.3 Å². The molecule has 0 aliphatic carbocycles. The monoisotopic (exact) mass is 246 g/mol. The summed E-state index contributed by atoms with van der Waals surface area (Å²) in [5.74, 6) is -1.26. The number of nitrogens with zero attached hydrogens (tertiary/aromatic N) is 2. The lowest BCUT2D eigenvalue weighted by atomic mass is 10.1. The van der Waals surface area contributed by atoms with Crippen LogP contribution >= 0.6 is 0 Å². The van der Waals surface area contributed by atoms with Crippen LogP contribution in [0.4, 0.5) is 0 Å². The van der Waals surface area contributed by atoms with Crippen LogP contribution in [0.1, 0.15) is 16.1 Å².